The zero-order chi connectivity index (χ0) is 10.4. The molecule has 0 heteroatoms. The summed E-state index contributed by atoms with van der Waals surface area (Å²) in [6, 6.07) is 0. The van der Waals surface area contributed by atoms with E-state index >= 15 is 0 Å². The fourth-order valence-corrected chi connectivity index (χ4v) is 1.58. The molecule has 0 aromatic rings. The van der Waals surface area contributed by atoms with E-state index < -0.39 is 0 Å². The van der Waals surface area contributed by atoms with Crippen LogP contribution in [0, 0.1) is 5.92 Å². The van der Waals surface area contributed by atoms with E-state index in [2.05, 4.69) is 33.4 Å². The van der Waals surface area contributed by atoms with Crippen molar-refractivity contribution in [3.05, 3.63) is 35.5 Å². The van der Waals surface area contributed by atoms with Gasteiger partial charge in [-0.05, 0) is 31.8 Å². The van der Waals surface area contributed by atoms with Crippen LogP contribution in [-0.2, 0) is 0 Å². The molecule has 0 heterocycles. The first kappa shape index (κ1) is 12.2. The molecule has 0 aromatic heterocycles. The molecule has 1 rings (SSSR count). The highest BCUT2D eigenvalue weighted by molar-refractivity contribution is 5.40. The van der Waals surface area contributed by atoms with Gasteiger partial charge in [0.15, 0.2) is 0 Å². The van der Waals surface area contributed by atoms with Gasteiger partial charge < -0.3 is 0 Å². The summed E-state index contributed by atoms with van der Waals surface area (Å²) in [5.41, 5.74) is 4.27. The lowest BCUT2D eigenvalue weighted by atomic mass is 9.86. The third kappa shape index (κ3) is 3.22. The van der Waals surface area contributed by atoms with Gasteiger partial charge in [-0.25, -0.2) is 0 Å². The van der Waals surface area contributed by atoms with Gasteiger partial charge in [0, 0.05) is 0 Å². The first-order chi connectivity index (χ1) is 6.15. The van der Waals surface area contributed by atoms with Crippen molar-refractivity contribution >= 4 is 0 Å². The van der Waals surface area contributed by atoms with E-state index in [1.807, 2.05) is 19.9 Å². The van der Waals surface area contributed by atoms with Gasteiger partial charge in [-0.1, -0.05) is 50.6 Å². The summed E-state index contributed by atoms with van der Waals surface area (Å²) in [5, 5.41) is 0. The Labute approximate surface area is 83.0 Å². The fourth-order valence-electron chi connectivity index (χ4n) is 1.58. The number of hydrogen-bond donors (Lipinski definition) is 0. The summed E-state index contributed by atoms with van der Waals surface area (Å²) in [7, 11) is 0. The van der Waals surface area contributed by atoms with Crippen LogP contribution in [0.4, 0.5) is 0 Å². The van der Waals surface area contributed by atoms with E-state index in [0.717, 1.165) is 0 Å². The Balaban J connectivity index is 0.000000671. The largest absolute Gasteiger partial charge is 0.0985 e. The Kier molecular flexibility index (Phi) is 5.45. The van der Waals surface area contributed by atoms with Crippen molar-refractivity contribution in [1.29, 1.82) is 0 Å². The van der Waals surface area contributed by atoms with Crippen molar-refractivity contribution in [2.24, 2.45) is 5.92 Å². The van der Waals surface area contributed by atoms with Crippen molar-refractivity contribution in [3.8, 4) is 0 Å². The molecule has 1 atom stereocenters. The Morgan fingerprint density at radius 3 is 2.38 bits per heavy atom. The minimum Gasteiger partial charge on any atom is -0.0985 e. The maximum absolute atomic E-state index is 3.80. The molecule has 13 heavy (non-hydrogen) atoms. The summed E-state index contributed by atoms with van der Waals surface area (Å²) in [6.45, 7) is 14.5. The Morgan fingerprint density at radius 1 is 1.38 bits per heavy atom. The van der Waals surface area contributed by atoms with Crippen molar-refractivity contribution in [2.45, 2.75) is 41.0 Å². The van der Waals surface area contributed by atoms with Crippen LogP contribution >= 0.6 is 0 Å². The topological polar surface area (TPSA) is 0 Å². The van der Waals surface area contributed by atoms with Crippen LogP contribution in [0.3, 0.4) is 0 Å². The first-order valence-corrected chi connectivity index (χ1v) is 5.15. The molecule has 1 aliphatic carbocycles. The van der Waals surface area contributed by atoms with Gasteiger partial charge in [0.25, 0.3) is 0 Å². The normalized spacial score (nSPS) is 21.6. The Hall–Kier alpha value is -0.780. The average molecular weight is 178 g/mol. The lowest BCUT2D eigenvalue weighted by Crippen LogP contribution is -2.04. The van der Waals surface area contributed by atoms with E-state index in [1.165, 1.54) is 23.1 Å². The predicted octanol–water partition coefficient (Wildman–Crippen LogP) is 4.50. The van der Waals surface area contributed by atoms with Crippen LogP contribution in [0.2, 0.25) is 0 Å². The second-order valence-corrected chi connectivity index (χ2v) is 3.44. The van der Waals surface area contributed by atoms with Crippen LogP contribution in [0.5, 0.6) is 0 Å². The van der Waals surface area contributed by atoms with Gasteiger partial charge in [-0.2, -0.15) is 0 Å². The maximum Gasteiger partial charge on any atom is -0.0188 e. The first-order valence-electron chi connectivity index (χ1n) is 5.15. The lowest BCUT2D eigenvalue weighted by Gasteiger charge is -2.20. The van der Waals surface area contributed by atoms with E-state index in [1.54, 1.807) is 0 Å². The number of hydrogen-bond acceptors (Lipinski definition) is 0. The van der Waals surface area contributed by atoms with Crippen molar-refractivity contribution in [1.82, 2.24) is 0 Å². The Morgan fingerprint density at radius 2 is 1.92 bits per heavy atom. The van der Waals surface area contributed by atoms with E-state index in [-0.39, 0.29) is 0 Å². The smallest absolute Gasteiger partial charge is 0.0188 e. The molecule has 0 amide bonds. The van der Waals surface area contributed by atoms with Crippen LogP contribution in [-0.4, -0.2) is 0 Å². The molecule has 1 aliphatic rings. The molecular formula is C13H22. The van der Waals surface area contributed by atoms with E-state index in [9.17, 15) is 0 Å². The van der Waals surface area contributed by atoms with Crippen molar-refractivity contribution < 1.29 is 0 Å². The van der Waals surface area contributed by atoms with Gasteiger partial charge in [0.05, 0.1) is 0 Å². The molecule has 0 spiro atoms. The summed E-state index contributed by atoms with van der Waals surface area (Å²) < 4.78 is 0. The zero-order valence-corrected chi connectivity index (χ0v) is 9.65. The predicted molar refractivity (Wildman–Crippen MR) is 61.8 cm³/mol. The molecule has 1 unspecified atom stereocenters. The third-order valence-electron chi connectivity index (χ3n) is 2.44. The highest BCUT2D eigenvalue weighted by Gasteiger charge is 2.12. The minimum absolute atomic E-state index is 0.702. The van der Waals surface area contributed by atoms with Crippen molar-refractivity contribution in [2.75, 3.05) is 0 Å². The second-order valence-electron chi connectivity index (χ2n) is 3.44. The second kappa shape index (κ2) is 5.80. The highest BCUT2D eigenvalue weighted by atomic mass is 14.2. The lowest BCUT2D eigenvalue weighted by molar-refractivity contribution is 0.656. The highest BCUT2D eigenvalue weighted by Crippen LogP contribution is 2.28. The molecule has 0 radical (unpaired) electrons. The molecule has 0 aliphatic heterocycles. The molecule has 0 saturated carbocycles. The van der Waals surface area contributed by atoms with Crippen LogP contribution in [0.25, 0.3) is 0 Å². The quantitative estimate of drug-likeness (QED) is 0.554. The van der Waals surface area contributed by atoms with Crippen LogP contribution in [0.1, 0.15) is 41.0 Å². The summed E-state index contributed by atoms with van der Waals surface area (Å²) >= 11 is 0. The molecule has 0 saturated heterocycles. The van der Waals surface area contributed by atoms with Gasteiger partial charge in [-0.15, -0.1) is 0 Å². The standard InChI is InChI=1S/C11H16.C2H6/c1-5-11-7-8(2)6-9(3)10(11)4;1-2/h5,7,9H,1,6H2,2-4H3;1-2H3. The Bertz CT molecular complexity index is 228. The fraction of sp³-hybridized carbons (Fsp3) is 0.538. The molecule has 74 valence electrons. The van der Waals surface area contributed by atoms with Gasteiger partial charge in [-0.3, -0.25) is 0 Å². The molecular weight excluding hydrogens is 156 g/mol. The molecule has 0 aromatic carbocycles. The van der Waals surface area contributed by atoms with E-state index in [0.29, 0.717) is 5.92 Å². The van der Waals surface area contributed by atoms with E-state index in [4.69, 9.17) is 0 Å². The summed E-state index contributed by atoms with van der Waals surface area (Å²) in [5.74, 6) is 0.702. The number of allylic oxidation sites excluding steroid dienone is 5. The van der Waals surface area contributed by atoms with Crippen LogP contribution < -0.4 is 0 Å². The van der Waals surface area contributed by atoms with Gasteiger partial charge >= 0.3 is 0 Å². The minimum atomic E-state index is 0.702. The SMILES string of the molecule is C=CC1=C(C)C(C)CC(C)=C1.CC. The number of rotatable bonds is 1. The summed E-state index contributed by atoms with van der Waals surface area (Å²) in [6.07, 6.45) is 5.40. The van der Waals surface area contributed by atoms with Gasteiger partial charge in [0.2, 0.25) is 0 Å². The molecule has 0 nitrogen and oxygen atoms in total. The molecule has 0 N–H and O–H groups in total. The summed E-state index contributed by atoms with van der Waals surface area (Å²) in [4.78, 5) is 0. The monoisotopic (exact) mass is 178 g/mol. The maximum atomic E-state index is 3.80. The third-order valence-corrected chi connectivity index (χ3v) is 2.44. The van der Waals surface area contributed by atoms with Crippen LogP contribution in [0.15, 0.2) is 35.5 Å². The molecule has 0 fully saturated rings. The average Bonchev–Trinajstić information content (AvgIpc) is 2.14. The van der Waals surface area contributed by atoms with Gasteiger partial charge in [0.1, 0.15) is 0 Å². The van der Waals surface area contributed by atoms with Crippen molar-refractivity contribution in [3.63, 3.8) is 0 Å². The molecule has 0 bridgehead atoms. The zero-order valence-electron chi connectivity index (χ0n) is 9.65.